The number of hydrogen-bond acceptors (Lipinski definition) is 6. The van der Waals surface area contributed by atoms with Crippen molar-refractivity contribution in [2.24, 2.45) is 0 Å². The average Bonchev–Trinajstić information content (AvgIpc) is 3.31. The number of nitrogens with one attached hydrogen (secondary N) is 1. The number of carbonyl (C=O) groups is 2. The number of rotatable bonds is 5. The van der Waals surface area contributed by atoms with Crippen LogP contribution < -0.4 is 10.2 Å². The van der Waals surface area contributed by atoms with Crippen LogP contribution >= 0.6 is 0 Å². The Labute approximate surface area is 252 Å². The Bertz CT molecular complexity index is 1650. The lowest BCUT2D eigenvalue weighted by Gasteiger charge is -2.36. The van der Waals surface area contributed by atoms with Gasteiger partial charge in [0, 0.05) is 62.6 Å². The minimum Gasteiger partial charge on any atom is -0.369 e. The van der Waals surface area contributed by atoms with Crippen LogP contribution in [0.3, 0.4) is 0 Å². The molecule has 3 aromatic carbocycles. The second-order valence-corrected chi connectivity index (χ2v) is 12.2. The lowest BCUT2D eigenvalue weighted by molar-refractivity contribution is -0.116. The third-order valence-electron chi connectivity index (χ3n) is 9.36. The topological polar surface area (TPSA) is 76.9 Å². The van der Waals surface area contributed by atoms with E-state index >= 15 is 0 Å². The van der Waals surface area contributed by atoms with Crippen molar-refractivity contribution >= 4 is 34.2 Å². The maximum Gasteiger partial charge on any atom is 0.253 e. The molecule has 0 aliphatic carbocycles. The number of imidazole rings is 1. The third kappa shape index (κ3) is 5.50. The number of benzene rings is 3. The van der Waals surface area contributed by atoms with Gasteiger partial charge in [0.25, 0.3) is 5.91 Å². The molecule has 9 nitrogen and oxygen atoms in total. The summed E-state index contributed by atoms with van der Waals surface area (Å²) in [7, 11) is 4.04. The Morgan fingerprint density at radius 1 is 0.953 bits per heavy atom. The molecular weight excluding hydrogens is 538 g/mol. The van der Waals surface area contributed by atoms with Crippen molar-refractivity contribution in [2.75, 3.05) is 63.6 Å². The van der Waals surface area contributed by atoms with Gasteiger partial charge in [-0.3, -0.25) is 14.5 Å². The van der Waals surface area contributed by atoms with Crippen LogP contribution in [0.2, 0.25) is 0 Å². The van der Waals surface area contributed by atoms with Crippen molar-refractivity contribution in [2.45, 2.75) is 32.0 Å². The fourth-order valence-electron chi connectivity index (χ4n) is 6.74. The number of nitrogens with zero attached hydrogens (tertiary/aromatic N) is 6. The zero-order chi connectivity index (χ0) is 29.5. The van der Waals surface area contributed by atoms with Crippen LogP contribution in [0.15, 0.2) is 66.7 Å². The summed E-state index contributed by atoms with van der Waals surface area (Å²) >= 11 is 0. The quantitative estimate of drug-likeness (QED) is 0.384. The van der Waals surface area contributed by atoms with Gasteiger partial charge >= 0.3 is 0 Å². The van der Waals surface area contributed by atoms with Crippen LogP contribution in [0.25, 0.3) is 22.4 Å². The SMILES string of the molecule is CN1CCC(N(C)C(=O)c2ccc3c(c2)nc2n3CC(=O)Nc3ccc(N4CCN(Cc5ccccc5)CC4)cc3-2)CC1. The molecule has 4 aromatic rings. The largest absolute Gasteiger partial charge is 0.369 e. The van der Waals surface area contributed by atoms with Gasteiger partial charge in [-0.05, 0) is 74.9 Å². The molecule has 3 aliphatic heterocycles. The number of piperazine rings is 1. The van der Waals surface area contributed by atoms with Crippen LogP contribution in [-0.2, 0) is 17.9 Å². The third-order valence-corrected chi connectivity index (χ3v) is 9.36. The molecule has 2 amide bonds. The number of fused-ring (bicyclic) bond motifs is 5. The summed E-state index contributed by atoms with van der Waals surface area (Å²) in [6.45, 7) is 7.00. The van der Waals surface area contributed by atoms with Crippen molar-refractivity contribution in [3.63, 3.8) is 0 Å². The smallest absolute Gasteiger partial charge is 0.253 e. The summed E-state index contributed by atoms with van der Waals surface area (Å²) < 4.78 is 1.98. The van der Waals surface area contributed by atoms with Crippen molar-refractivity contribution in [3.05, 3.63) is 77.9 Å². The van der Waals surface area contributed by atoms with Gasteiger partial charge in [0.15, 0.2) is 0 Å². The normalized spacial score (nSPS) is 18.2. The van der Waals surface area contributed by atoms with Gasteiger partial charge in [0.05, 0.1) is 16.7 Å². The van der Waals surface area contributed by atoms with E-state index in [1.54, 1.807) is 0 Å². The highest BCUT2D eigenvalue weighted by molar-refractivity contribution is 6.01. The molecule has 0 bridgehead atoms. The monoisotopic (exact) mass is 577 g/mol. The second-order valence-electron chi connectivity index (χ2n) is 12.2. The standard InChI is InChI=1S/C34H39N7O2/c1-37-14-12-26(13-15-37)38(2)34(43)25-8-11-31-30(20-25)36-33-28-21-27(9-10-29(28)35-32(42)23-41(31)33)40-18-16-39(17-19-40)22-24-6-4-3-5-7-24/h3-11,20-21,26H,12-19,22-23H2,1-2H3,(H,35,42). The van der Waals surface area contributed by atoms with E-state index < -0.39 is 0 Å². The van der Waals surface area contributed by atoms with E-state index in [4.69, 9.17) is 4.98 Å². The van der Waals surface area contributed by atoms with Crippen molar-refractivity contribution < 1.29 is 9.59 Å². The molecule has 222 valence electrons. The molecule has 0 saturated carbocycles. The lowest BCUT2D eigenvalue weighted by atomic mass is 10.0. The molecule has 7 rings (SSSR count). The zero-order valence-electron chi connectivity index (χ0n) is 25.0. The van der Waals surface area contributed by atoms with E-state index in [9.17, 15) is 9.59 Å². The Morgan fingerprint density at radius 2 is 1.72 bits per heavy atom. The Hall–Kier alpha value is -4.21. The summed E-state index contributed by atoms with van der Waals surface area (Å²) in [5, 5.41) is 3.08. The van der Waals surface area contributed by atoms with Crippen LogP contribution in [-0.4, -0.2) is 95.5 Å². The van der Waals surface area contributed by atoms with Crippen LogP contribution in [0.4, 0.5) is 11.4 Å². The average molecular weight is 578 g/mol. The van der Waals surface area contributed by atoms with E-state index in [0.717, 1.165) is 92.5 Å². The molecule has 0 atom stereocenters. The molecule has 1 N–H and O–H groups in total. The molecule has 2 saturated heterocycles. The first-order valence-corrected chi connectivity index (χ1v) is 15.3. The van der Waals surface area contributed by atoms with Crippen molar-refractivity contribution in [1.29, 1.82) is 0 Å². The number of carbonyl (C=O) groups excluding carboxylic acids is 2. The summed E-state index contributed by atoms with van der Waals surface area (Å²) in [4.78, 5) is 40.6. The number of aromatic nitrogens is 2. The molecule has 43 heavy (non-hydrogen) atoms. The maximum atomic E-state index is 13.5. The summed E-state index contributed by atoms with van der Waals surface area (Å²) in [6, 6.07) is 22.8. The summed E-state index contributed by atoms with van der Waals surface area (Å²) in [6.07, 6.45) is 1.96. The van der Waals surface area contributed by atoms with Gasteiger partial charge < -0.3 is 24.6 Å². The van der Waals surface area contributed by atoms with E-state index in [1.165, 1.54) is 5.56 Å². The molecular formula is C34H39N7O2. The Morgan fingerprint density at radius 3 is 2.49 bits per heavy atom. The van der Waals surface area contributed by atoms with Gasteiger partial charge in [-0.15, -0.1) is 0 Å². The predicted molar refractivity (Wildman–Crippen MR) is 170 cm³/mol. The van der Waals surface area contributed by atoms with Gasteiger partial charge in [0.2, 0.25) is 5.91 Å². The first-order valence-electron chi connectivity index (χ1n) is 15.3. The summed E-state index contributed by atoms with van der Waals surface area (Å²) in [5.41, 5.74) is 6.37. The maximum absolute atomic E-state index is 13.5. The van der Waals surface area contributed by atoms with E-state index in [-0.39, 0.29) is 24.4 Å². The number of likely N-dealkylation sites (tertiary alicyclic amines) is 1. The van der Waals surface area contributed by atoms with Crippen LogP contribution in [0.5, 0.6) is 0 Å². The number of hydrogen-bond donors (Lipinski definition) is 1. The molecule has 2 fully saturated rings. The van der Waals surface area contributed by atoms with Gasteiger partial charge in [-0.25, -0.2) is 4.98 Å². The summed E-state index contributed by atoms with van der Waals surface area (Å²) in [5.74, 6) is 0.691. The number of amides is 2. The van der Waals surface area contributed by atoms with E-state index in [1.807, 2.05) is 40.8 Å². The Balaban J connectivity index is 1.14. The second kappa shape index (κ2) is 11.5. The molecule has 1 aromatic heterocycles. The molecule has 3 aliphatic rings. The van der Waals surface area contributed by atoms with Gasteiger partial charge in [-0.2, -0.15) is 0 Å². The molecule has 4 heterocycles. The lowest BCUT2D eigenvalue weighted by Crippen LogP contribution is -2.45. The van der Waals surface area contributed by atoms with Gasteiger partial charge in [0.1, 0.15) is 12.4 Å². The highest BCUT2D eigenvalue weighted by atomic mass is 16.2. The fraction of sp³-hybridized carbons (Fsp3) is 0.382. The minimum absolute atomic E-state index is 0.0199. The fourth-order valence-corrected chi connectivity index (χ4v) is 6.74. The van der Waals surface area contributed by atoms with Crippen LogP contribution in [0.1, 0.15) is 28.8 Å². The molecule has 0 unspecified atom stereocenters. The van der Waals surface area contributed by atoms with E-state index in [0.29, 0.717) is 5.56 Å². The van der Waals surface area contributed by atoms with Crippen molar-refractivity contribution in [3.8, 4) is 11.4 Å². The predicted octanol–water partition coefficient (Wildman–Crippen LogP) is 4.14. The minimum atomic E-state index is -0.0799. The van der Waals surface area contributed by atoms with E-state index in [2.05, 4.69) is 69.5 Å². The zero-order valence-corrected chi connectivity index (χ0v) is 25.0. The highest BCUT2D eigenvalue weighted by Gasteiger charge is 2.27. The van der Waals surface area contributed by atoms with Gasteiger partial charge in [-0.1, -0.05) is 30.3 Å². The first kappa shape index (κ1) is 27.6. The van der Waals surface area contributed by atoms with Crippen LogP contribution in [0, 0.1) is 0 Å². The number of piperidine rings is 1. The number of anilines is 2. The molecule has 9 heteroatoms. The first-order chi connectivity index (χ1) is 20.9. The van der Waals surface area contributed by atoms with Crippen molar-refractivity contribution in [1.82, 2.24) is 24.3 Å². The molecule has 0 spiro atoms. The highest BCUT2D eigenvalue weighted by Crippen LogP contribution is 2.36. The Kier molecular flexibility index (Phi) is 7.36. The molecule has 0 radical (unpaired) electrons.